The number of Topliss-reactive ketones (excluding diaryl/α,β-unsaturated/α-hetero) is 1. The lowest BCUT2D eigenvalue weighted by Crippen LogP contribution is -2.22. The number of aliphatic hydroxyl groups excluding tert-OH is 1. The average Bonchev–Trinajstić information content (AvgIpc) is 3.27. The summed E-state index contributed by atoms with van der Waals surface area (Å²) >= 11 is 6.22. The van der Waals surface area contributed by atoms with Crippen molar-refractivity contribution in [2.45, 2.75) is 32.2 Å². The maximum absolute atomic E-state index is 14.2. The number of sulfone groups is 1. The van der Waals surface area contributed by atoms with Gasteiger partial charge >= 0.3 is 0 Å². The van der Waals surface area contributed by atoms with E-state index in [1.165, 1.54) is 19.2 Å². The summed E-state index contributed by atoms with van der Waals surface area (Å²) < 4.78 is 35.7. The van der Waals surface area contributed by atoms with E-state index in [4.69, 9.17) is 21.1 Å². The number of rotatable bonds is 10. The molecule has 10 heteroatoms. The molecule has 0 amide bonds. The highest BCUT2D eigenvalue weighted by molar-refractivity contribution is 7.90. The molecule has 1 atom stereocenters. The number of H-pyrrole nitrogens is 1. The van der Waals surface area contributed by atoms with Crippen molar-refractivity contribution in [1.29, 1.82) is 0 Å². The highest BCUT2D eigenvalue weighted by atomic mass is 35.5. The predicted octanol–water partition coefficient (Wildman–Crippen LogP) is 5.89. The van der Waals surface area contributed by atoms with Gasteiger partial charge in [0.15, 0.2) is 15.6 Å². The quantitative estimate of drug-likeness (QED) is 0.203. The largest absolute Gasteiger partial charge is 0.497 e. The van der Waals surface area contributed by atoms with Crippen LogP contribution < -0.4 is 14.8 Å². The summed E-state index contributed by atoms with van der Waals surface area (Å²) in [6.45, 7) is 3.75. The Hall–Kier alpha value is -3.53. The van der Waals surface area contributed by atoms with Gasteiger partial charge in [0.05, 0.1) is 18.6 Å². The van der Waals surface area contributed by atoms with Gasteiger partial charge in [-0.1, -0.05) is 25.1 Å². The van der Waals surface area contributed by atoms with E-state index in [1.807, 2.05) is 26.0 Å². The summed E-state index contributed by atoms with van der Waals surface area (Å²) in [6.07, 6.45) is 2.77. The standard InChI is InChI=1S/C28H29ClN2O6S.CH4/c1-16-9-23-24(15-30-25(23)10-17(16)2)28(33)27(22-6-5-18(29)11-26(22)37-8-7-32)31-19-12-20(36-3)14-21(13-19)38(4,34)35;/h5-6,9-15,27,30-32H,7-8H2,1-4H3;1H4. The van der Waals surface area contributed by atoms with E-state index in [9.17, 15) is 18.3 Å². The first-order valence-electron chi connectivity index (χ1n) is 11.8. The molecule has 0 spiro atoms. The van der Waals surface area contributed by atoms with Crippen LogP contribution in [-0.4, -0.2) is 50.9 Å². The van der Waals surface area contributed by atoms with Gasteiger partial charge in [0.1, 0.15) is 24.1 Å². The maximum atomic E-state index is 14.2. The topological polar surface area (TPSA) is 118 Å². The van der Waals surface area contributed by atoms with Gasteiger partial charge in [0.2, 0.25) is 0 Å². The van der Waals surface area contributed by atoms with Crippen LogP contribution in [0, 0.1) is 13.8 Å². The number of fused-ring (bicyclic) bond motifs is 1. The number of methoxy groups -OCH3 is 1. The van der Waals surface area contributed by atoms with Gasteiger partial charge in [-0.05, 0) is 61.4 Å². The van der Waals surface area contributed by atoms with Crippen LogP contribution in [0.3, 0.4) is 0 Å². The third-order valence-corrected chi connectivity index (χ3v) is 7.64. The molecule has 8 nitrogen and oxygen atoms in total. The van der Waals surface area contributed by atoms with E-state index >= 15 is 0 Å². The van der Waals surface area contributed by atoms with Crippen molar-refractivity contribution in [2.75, 3.05) is 31.9 Å². The Balaban J connectivity index is 0.00000420. The molecule has 0 saturated heterocycles. The number of ketones is 1. The van der Waals surface area contributed by atoms with Crippen molar-refractivity contribution in [3.63, 3.8) is 0 Å². The Bertz CT molecular complexity index is 1610. The van der Waals surface area contributed by atoms with Crippen molar-refractivity contribution < 1.29 is 27.8 Å². The summed E-state index contributed by atoms with van der Waals surface area (Å²) in [7, 11) is -2.13. The molecule has 208 valence electrons. The molecule has 0 aliphatic rings. The van der Waals surface area contributed by atoms with Crippen LogP contribution in [0.1, 0.15) is 40.5 Å². The normalized spacial score (nSPS) is 12.1. The molecule has 4 aromatic rings. The van der Waals surface area contributed by atoms with Crippen LogP contribution in [-0.2, 0) is 9.84 Å². The SMILES string of the molecule is C.COc1cc(NC(C(=O)c2c[nH]c3cc(C)c(C)cc23)c2ccc(Cl)cc2OCCO)cc(S(C)(=O)=O)c1. The zero-order chi connectivity index (χ0) is 27.6. The average molecular weight is 573 g/mol. The van der Waals surface area contributed by atoms with Crippen molar-refractivity contribution >= 4 is 43.8 Å². The second-order valence-electron chi connectivity index (χ2n) is 9.05. The first-order valence-corrected chi connectivity index (χ1v) is 14.1. The minimum atomic E-state index is -3.57. The first kappa shape index (κ1) is 30.0. The fraction of sp³-hybridized carbons (Fsp3) is 0.276. The van der Waals surface area contributed by atoms with E-state index in [1.54, 1.807) is 30.5 Å². The lowest BCUT2D eigenvalue weighted by atomic mass is 9.95. The Morgan fingerprint density at radius 1 is 1.10 bits per heavy atom. The molecule has 1 heterocycles. The van der Waals surface area contributed by atoms with Gasteiger partial charge in [-0.3, -0.25) is 4.79 Å². The number of aromatic amines is 1. The third kappa shape index (κ3) is 6.55. The lowest BCUT2D eigenvalue weighted by Gasteiger charge is -2.23. The van der Waals surface area contributed by atoms with E-state index in [0.717, 1.165) is 28.3 Å². The number of aryl methyl sites for hydroxylation is 2. The number of nitrogens with one attached hydrogen (secondary N) is 2. The molecular formula is C29H33ClN2O6S. The van der Waals surface area contributed by atoms with Crippen LogP contribution in [0.15, 0.2) is 59.6 Å². The fourth-order valence-corrected chi connectivity index (χ4v) is 5.04. The van der Waals surface area contributed by atoms with Gasteiger partial charge in [-0.25, -0.2) is 8.42 Å². The molecule has 0 aliphatic heterocycles. The molecule has 4 rings (SSSR count). The van der Waals surface area contributed by atoms with Gasteiger partial charge in [-0.15, -0.1) is 0 Å². The molecule has 1 aromatic heterocycles. The summed E-state index contributed by atoms with van der Waals surface area (Å²) in [4.78, 5) is 17.4. The van der Waals surface area contributed by atoms with Crippen LogP contribution in [0.5, 0.6) is 11.5 Å². The third-order valence-electron chi connectivity index (χ3n) is 6.31. The highest BCUT2D eigenvalue weighted by Gasteiger charge is 2.28. The van der Waals surface area contributed by atoms with Crippen LogP contribution in [0.25, 0.3) is 10.9 Å². The van der Waals surface area contributed by atoms with E-state index in [-0.39, 0.29) is 31.3 Å². The van der Waals surface area contributed by atoms with E-state index in [0.29, 0.717) is 33.3 Å². The van der Waals surface area contributed by atoms with Crippen LogP contribution >= 0.6 is 11.6 Å². The number of anilines is 1. The summed E-state index contributed by atoms with van der Waals surface area (Å²) in [6, 6.07) is 12.3. The van der Waals surface area contributed by atoms with E-state index < -0.39 is 15.9 Å². The van der Waals surface area contributed by atoms with E-state index in [2.05, 4.69) is 10.3 Å². The molecule has 3 aromatic carbocycles. The number of ether oxygens (including phenoxy) is 2. The number of aromatic nitrogens is 1. The van der Waals surface area contributed by atoms with Crippen molar-refractivity contribution in [3.8, 4) is 11.5 Å². The summed E-state index contributed by atoms with van der Waals surface area (Å²) in [5.41, 5.74) is 4.24. The van der Waals surface area contributed by atoms with Gasteiger partial charge in [-0.2, -0.15) is 0 Å². The maximum Gasteiger partial charge on any atom is 0.191 e. The number of hydrogen-bond acceptors (Lipinski definition) is 7. The second-order valence-corrected chi connectivity index (χ2v) is 11.5. The summed E-state index contributed by atoms with van der Waals surface area (Å²) in [5, 5.41) is 13.7. The number of carbonyl (C=O) groups is 1. The molecule has 0 bridgehead atoms. The fourth-order valence-electron chi connectivity index (χ4n) is 4.21. The molecule has 1 unspecified atom stereocenters. The zero-order valence-corrected chi connectivity index (χ0v) is 23.0. The molecule has 3 N–H and O–H groups in total. The Morgan fingerprint density at radius 3 is 2.49 bits per heavy atom. The first-order chi connectivity index (χ1) is 18.0. The number of hydrogen-bond donors (Lipinski definition) is 3. The van der Waals surface area contributed by atoms with Crippen LogP contribution in [0.4, 0.5) is 5.69 Å². The lowest BCUT2D eigenvalue weighted by molar-refractivity contribution is 0.0969. The van der Waals surface area contributed by atoms with Crippen molar-refractivity contribution in [1.82, 2.24) is 4.98 Å². The number of carbonyl (C=O) groups excluding carboxylic acids is 1. The highest BCUT2D eigenvalue weighted by Crippen LogP contribution is 2.36. The molecule has 0 aliphatic carbocycles. The van der Waals surface area contributed by atoms with Gasteiger partial charge in [0.25, 0.3) is 0 Å². The molecule has 39 heavy (non-hydrogen) atoms. The molecule has 0 saturated carbocycles. The smallest absolute Gasteiger partial charge is 0.191 e. The number of halogens is 1. The van der Waals surface area contributed by atoms with Crippen LogP contribution in [0.2, 0.25) is 5.02 Å². The second kappa shape index (κ2) is 12.1. The van der Waals surface area contributed by atoms with Crippen molar-refractivity contribution in [3.05, 3.63) is 82.0 Å². The minimum Gasteiger partial charge on any atom is -0.497 e. The predicted molar refractivity (Wildman–Crippen MR) is 155 cm³/mol. The van der Waals surface area contributed by atoms with Crippen molar-refractivity contribution in [2.24, 2.45) is 0 Å². The number of benzene rings is 3. The Kier molecular flexibility index (Phi) is 9.32. The molecular weight excluding hydrogens is 540 g/mol. The van der Waals surface area contributed by atoms with Gasteiger partial charge in [0, 0.05) is 51.3 Å². The molecule has 0 radical (unpaired) electrons. The monoisotopic (exact) mass is 572 g/mol. The Labute approximate surface area is 233 Å². The Morgan fingerprint density at radius 2 is 1.82 bits per heavy atom. The minimum absolute atomic E-state index is 0. The van der Waals surface area contributed by atoms with Gasteiger partial charge < -0.3 is 24.9 Å². The number of aliphatic hydroxyl groups is 1. The zero-order valence-electron chi connectivity index (χ0n) is 21.5. The summed E-state index contributed by atoms with van der Waals surface area (Å²) in [5.74, 6) is 0.350. The molecule has 0 fully saturated rings.